The summed E-state index contributed by atoms with van der Waals surface area (Å²) in [6.45, 7) is 1.59. The van der Waals surface area contributed by atoms with Gasteiger partial charge in [-0.3, -0.25) is 0 Å². The van der Waals surface area contributed by atoms with Gasteiger partial charge in [-0.2, -0.15) is 18.4 Å². The summed E-state index contributed by atoms with van der Waals surface area (Å²) in [7, 11) is 0. The van der Waals surface area contributed by atoms with Crippen LogP contribution in [0.3, 0.4) is 0 Å². The van der Waals surface area contributed by atoms with E-state index < -0.39 is 24.5 Å². The topological polar surface area (TPSA) is 53.2 Å². The van der Waals surface area contributed by atoms with Gasteiger partial charge in [-0.1, -0.05) is 0 Å². The highest BCUT2D eigenvalue weighted by atomic mass is 19.4. The quantitative estimate of drug-likeness (QED) is 0.723. The Labute approximate surface area is 79.4 Å². The number of halogens is 3. The number of ether oxygens (including phenoxy) is 1. The molecule has 0 spiro atoms. The molecule has 3 nitrogen and oxygen atoms in total. The van der Waals surface area contributed by atoms with E-state index in [1.165, 1.54) is 13.0 Å². The van der Waals surface area contributed by atoms with Gasteiger partial charge in [0.1, 0.15) is 0 Å². The van der Waals surface area contributed by atoms with Crippen LogP contribution >= 0.6 is 0 Å². The van der Waals surface area contributed by atoms with Crippen LogP contribution in [0.1, 0.15) is 13.3 Å². The Morgan fingerprint density at radius 2 is 2.21 bits per heavy atom. The molecule has 0 aromatic carbocycles. The predicted octanol–water partition coefficient (Wildman–Crippen LogP) is 2.51. The van der Waals surface area contributed by atoms with E-state index >= 15 is 0 Å². The minimum Gasteiger partial charge on any atom is -0.481 e. The van der Waals surface area contributed by atoms with Gasteiger partial charge in [0.25, 0.3) is 5.95 Å². The van der Waals surface area contributed by atoms with Gasteiger partial charge in [0.2, 0.25) is 0 Å². The first-order valence-electron chi connectivity index (χ1n) is 3.89. The lowest BCUT2D eigenvalue weighted by Gasteiger charge is -2.13. The van der Waals surface area contributed by atoms with E-state index in [1.54, 1.807) is 0 Å². The summed E-state index contributed by atoms with van der Waals surface area (Å²) in [4.78, 5) is 0. The molecule has 0 heterocycles. The summed E-state index contributed by atoms with van der Waals surface area (Å²) in [6.07, 6.45) is -4.78. The van der Waals surface area contributed by atoms with Gasteiger partial charge in [-0.05, 0) is 6.92 Å². The number of nitriles is 1. The van der Waals surface area contributed by atoms with Crippen molar-refractivity contribution in [3.8, 4) is 6.07 Å². The lowest BCUT2D eigenvalue weighted by Crippen LogP contribution is -2.21. The second-order valence-electron chi connectivity index (χ2n) is 2.45. The molecular weight excluding hydrogens is 199 g/mol. The molecule has 0 aromatic heterocycles. The zero-order valence-corrected chi connectivity index (χ0v) is 7.51. The third-order valence-electron chi connectivity index (χ3n) is 1.37. The van der Waals surface area contributed by atoms with Gasteiger partial charge < -0.3 is 9.84 Å². The van der Waals surface area contributed by atoms with Crippen molar-refractivity contribution in [2.24, 2.45) is 5.92 Å². The maximum Gasteiger partial charge on any atom is 0.396 e. The van der Waals surface area contributed by atoms with Gasteiger partial charge in [0.15, 0.2) is 0 Å². The molecule has 14 heavy (non-hydrogen) atoms. The van der Waals surface area contributed by atoms with Crippen LogP contribution in [-0.4, -0.2) is 17.9 Å². The summed E-state index contributed by atoms with van der Waals surface area (Å²) >= 11 is 0. The maximum atomic E-state index is 12.1. The highest BCUT2D eigenvalue weighted by molar-refractivity contribution is 4.96. The van der Waals surface area contributed by atoms with Gasteiger partial charge in [0.05, 0.1) is 25.0 Å². The molecule has 0 bridgehead atoms. The summed E-state index contributed by atoms with van der Waals surface area (Å²) < 4.78 is 40.9. The molecule has 1 N–H and O–H groups in total. The highest BCUT2D eigenvalue weighted by Crippen LogP contribution is 2.30. The van der Waals surface area contributed by atoms with Crippen molar-refractivity contribution in [1.82, 2.24) is 0 Å². The molecule has 6 heteroatoms. The van der Waals surface area contributed by atoms with Crippen LogP contribution in [0.2, 0.25) is 0 Å². The fourth-order valence-electron chi connectivity index (χ4n) is 0.736. The SMILES string of the molecule is CCO/C(O)=C/C(CC#N)C(F)(F)F. The molecule has 0 aliphatic rings. The van der Waals surface area contributed by atoms with Crippen LogP contribution in [-0.2, 0) is 4.74 Å². The van der Waals surface area contributed by atoms with E-state index in [4.69, 9.17) is 10.4 Å². The van der Waals surface area contributed by atoms with Crippen molar-refractivity contribution in [3.63, 3.8) is 0 Å². The van der Waals surface area contributed by atoms with Crippen LogP contribution in [0.4, 0.5) is 13.2 Å². The van der Waals surface area contributed by atoms with E-state index in [0.29, 0.717) is 6.08 Å². The second-order valence-corrected chi connectivity index (χ2v) is 2.45. The third kappa shape index (κ3) is 4.60. The van der Waals surface area contributed by atoms with Gasteiger partial charge in [0, 0.05) is 6.08 Å². The fraction of sp³-hybridized carbons (Fsp3) is 0.625. The van der Waals surface area contributed by atoms with Crippen LogP contribution < -0.4 is 0 Å². The monoisotopic (exact) mass is 209 g/mol. The summed E-state index contributed by atoms with van der Waals surface area (Å²) in [6, 6.07) is 1.39. The van der Waals surface area contributed by atoms with Crippen molar-refractivity contribution in [1.29, 1.82) is 5.26 Å². The highest BCUT2D eigenvalue weighted by Gasteiger charge is 2.38. The van der Waals surface area contributed by atoms with Crippen LogP contribution in [0.15, 0.2) is 12.0 Å². The minimum atomic E-state index is -4.54. The number of hydrogen-bond acceptors (Lipinski definition) is 3. The molecule has 0 radical (unpaired) electrons. The molecule has 0 aromatic rings. The normalized spacial score (nSPS) is 14.6. The standard InChI is InChI=1S/C8H10F3NO2/c1-2-14-7(13)5-6(3-4-12)8(9,10)11/h5-6,13H,2-3H2,1H3/b7-5+. The average molecular weight is 209 g/mol. The first-order valence-corrected chi connectivity index (χ1v) is 3.89. The first kappa shape index (κ1) is 12.6. The Kier molecular flexibility index (Phi) is 4.84. The smallest absolute Gasteiger partial charge is 0.396 e. The van der Waals surface area contributed by atoms with Crippen LogP contribution in [0.5, 0.6) is 0 Å². The van der Waals surface area contributed by atoms with Crippen molar-refractivity contribution < 1.29 is 23.0 Å². The van der Waals surface area contributed by atoms with Crippen LogP contribution in [0, 0.1) is 17.2 Å². The summed E-state index contributed by atoms with van der Waals surface area (Å²) in [5.74, 6) is -2.79. The third-order valence-corrected chi connectivity index (χ3v) is 1.37. The van der Waals surface area contributed by atoms with Crippen molar-refractivity contribution >= 4 is 0 Å². The van der Waals surface area contributed by atoms with Gasteiger partial charge in [-0.15, -0.1) is 0 Å². The minimum absolute atomic E-state index is 0.0689. The van der Waals surface area contributed by atoms with Crippen LogP contribution in [0.25, 0.3) is 0 Å². The largest absolute Gasteiger partial charge is 0.481 e. The van der Waals surface area contributed by atoms with E-state index in [0.717, 1.165) is 0 Å². The molecule has 0 saturated carbocycles. The summed E-state index contributed by atoms with van der Waals surface area (Å²) in [5, 5.41) is 17.0. The lowest BCUT2D eigenvalue weighted by molar-refractivity contribution is -0.161. The van der Waals surface area contributed by atoms with E-state index in [2.05, 4.69) is 4.74 Å². The van der Waals surface area contributed by atoms with Crippen molar-refractivity contribution in [2.45, 2.75) is 19.5 Å². The fourth-order valence-corrected chi connectivity index (χ4v) is 0.736. The molecule has 0 aliphatic carbocycles. The molecule has 1 atom stereocenters. The number of nitrogens with zero attached hydrogens (tertiary/aromatic N) is 1. The van der Waals surface area contributed by atoms with E-state index in [-0.39, 0.29) is 6.61 Å². The first-order chi connectivity index (χ1) is 6.41. The van der Waals surface area contributed by atoms with Crippen molar-refractivity contribution in [3.05, 3.63) is 12.0 Å². The van der Waals surface area contributed by atoms with Gasteiger partial charge in [-0.25, -0.2) is 0 Å². The second kappa shape index (κ2) is 5.37. The summed E-state index contributed by atoms with van der Waals surface area (Å²) in [5.41, 5.74) is 0. The van der Waals surface area contributed by atoms with Gasteiger partial charge >= 0.3 is 6.18 Å². The number of allylic oxidation sites excluding steroid dienone is 1. The molecule has 80 valence electrons. The van der Waals surface area contributed by atoms with E-state index in [1.807, 2.05) is 0 Å². The zero-order valence-electron chi connectivity index (χ0n) is 7.51. The number of aliphatic hydroxyl groups is 1. The molecule has 1 unspecified atom stereocenters. The number of rotatable bonds is 4. The average Bonchev–Trinajstić information content (AvgIpc) is 2.02. The molecule has 0 amide bonds. The Morgan fingerprint density at radius 1 is 1.64 bits per heavy atom. The lowest BCUT2D eigenvalue weighted by atomic mass is 10.1. The maximum absolute atomic E-state index is 12.1. The molecular formula is C8H10F3NO2. The number of aliphatic hydroxyl groups excluding tert-OH is 1. The number of hydrogen-bond donors (Lipinski definition) is 1. The Bertz CT molecular complexity index is 242. The molecule has 0 saturated heterocycles. The Morgan fingerprint density at radius 3 is 2.57 bits per heavy atom. The Hall–Kier alpha value is -1.38. The van der Waals surface area contributed by atoms with Crippen molar-refractivity contribution in [2.75, 3.05) is 6.61 Å². The molecule has 0 fully saturated rings. The molecule has 0 aliphatic heterocycles. The van der Waals surface area contributed by atoms with E-state index in [9.17, 15) is 13.2 Å². The predicted molar refractivity (Wildman–Crippen MR) is 42.1 cm³/mol. The zero-order chi connectivity index (χ0) is 11.2. The Balaban J connectivity index is 4.53. The molecule has 0 rings (SSSR count). The number of alkyl halides is 3.